The summed E-state index contributed by atoms with van der Waals surface area (Å²) in [5.41, 5.74) is 5.05. The molecule has 37 heavy (non-hydrogen) atoms. The van der Waals surface area contributed by atoms with Gasteiger partial charge in [-0.1, -0.05) is 6.07 Å². The van der Waals surface area contributed by atoms with E-state index < -0.39 is 15.9 Å². The van der Waals surface area contributed by atoms with Crippen LogP contribution in [0.4, 0.5) is 28.7 Å². The Morgan fingerprint density at radius 2 is 1.81 bits per heavy atom. The highest BCUT2D eigenvalue weighted by Crippen LogP contribution is 2.43. The van der Waals surface area contributed by atoms with Gasteiger partial charge in [-0.3, -0.25) is 13.9 Å². The third kappa shape index (κ3) is 6.46. The van der Waals surface area contributed by atoms with Gasteiger partial charge >= 0.3 is 0 Å². The molecule has 0 aliphatic heterocycles. The van der Waals surface area contributed by atoms with E-state index in [1.54, 1.807) is 38.4 Å². The Kier molecular flexibility index (Phi) is 7.79. The summed E-state index contributed by atoms with van der Waals surface area (Å²) in [5.74, 6) is 1.49. The van der Waals surface area contributed by atoms with Gasteiger partial charge < -0.3 is 15.4 Å². The summed E-state index contributed by atoms with van der Waals surface area (Å²) in [4.78, 5) is 26.5. The van der Waals surface area contributed by atoms with E-state index in [1.165, 1.54) is 17.5 Å². The number of hydrogen-bond donors (Lipinski definition) is 3. The third-order valence-electron chi connectivity index (χ3n) is 5.86. The summed E-state index contributed by atoms with van der Waals surface area (Å²) >= 11 is 0. The zero-order chi connectivity index (χ0) is 26.6. The molecule has 3 N–H and O–H groups in total. The van der Waals surface area contributed by atoms with Crippen molar-refractivity contribution in [2.45, 2.75) is 25.7 Å². The van der Waals surface area contributed by atoms with E-state index in [0.717, 1.165) is 24.7 Å². The van der Waals surface area contributed by atoms with Crippen LogP contribution in [0.3, 0.4) is 0 Å². The third-order valence-corrected chi connectivity index (χ3v) is 7.05. The van der Waals surface area contributed by atoms with E-state index in [1.807, 2.05) is 18.2 Å². The lowest BCUT2D eigenvalue weighted by atomic mass is 10.1. The number of pyridine rings is 2. The van der Waals surface area contributed by atoms with E-state index in [0.29, 0.717) is 40.4 Å². The molecule has 196 valence electrons. The van der Waals surface area contributed by atoms with Gasteiger partial charge in [0, 0.05) is 19.3 Å². The zero-order valence-electron chi connectivity index (χ0n) is 21.1. The van der Waals surface area contributed by atoms with Gasteiger partial charge in [0.25, 0.3) is 5.91 Å². The Morgan fingerprint density at radius 3 is 2.43 bits per heavy atom. The monoisotopic (exact) mass is 526 g/mol. The molecule has 4 rings (SSSR count). The van der Waals surface area contributed by atoms with Crippen LogP contribution in [0.15, 0.2) is 48.8 Å². The van der Waals surface area contributed by atoms with E-state index in [4.69, 9.17) is 9.57 Å². The Balaban J connectivity index is 1.72. The molecule has 0 unspecified atom stereocenters. The number of carbonyl (C=O) groups excluding carboxylic acids is 1. The lowest BCUT2D eigenvalue weighted by Crippen LogP contribution is -2.26. The molecule has 0 saturated heterocycles. The molecule has 1 fully saturated rings. The fourth-order valence-corrected chi connectivity index (χ4v) is 4.12. The number of amides is 1. The van der Waals surface area contributed by atoms with Crippen LogP contribution < -0.4 is 25.2 Å². The molecule has 0 bridgehead atoms. The first-order valence-corrected chi connectivity index (χ1v) is 13.6. The Labute approximate surface area is 216 Å². The topological polar surface area (TPSA) is 135 Å². The molecule has 2 heterocycles. The van der Waals surface area contributed by atoms with Crippen LogP contribution in [-0.4, -0.2) is 51.3 Å². The molecule has 3 aromatic rings. The summed E-state index contributed by atoms with van der Waals surface area (Å²) < 4.78 is 31.2. The molecule has 0 radical (unpaired) electrons. The van der Waals surface area contributed by atoms with E-state index in [2.05, 4.69) is 26.1 Å². The molecule has 1 aliphatic carbocycles. The van der Waals surface area contributed by atoms with Crippen molar-refractivity contribution in [2.75, 3.05) is 42.0 Å². The van der Waals surface area contributed by atoms with Crippen molar-refractivity contribution in [3.05, 3.63) is 59.9 Å². The maximum absolute atomic E-state index is 12.8. The van der Waals surface area contributed by atoms with Crippen LogP contribution in [0, 0.1) is 0 Å². The number of aromatic nitrogens is 2. The second-order valence-corrected chi connectivity index (χ2v) is 10.6. The van der Waals surface area contributed by atoms with Crippen molar-refractivity contribution in [3.63, 3.8) is 0 Å². The molecule has 12 heteroatoms. The Morgan fingerprint density at radius 1 is 1.05 bits per heavy atom. The standard InChI is InChI=1S/C25H30N6O5S/c1-5-36-30-25(32)19-15-27-24(29-23-11-9-18(35-3)14-26-23)13-21(19)28-20-10-8-17(16-6-7-16)12-22(20)31(2)37(4,33)34/h8-16H,5-7H2,1-4H3,(H,30,32)(H2,26,27,28,29). The highest BCUT2D eigenvalue weighted by molar-refractivity contribution is 7.92. The number of nitrogens with one attached hydrogen (secondary N) is 3. The quantitative estimate of drug-likeness (QED) is 0.318. The van der Waals surface area contributed by atoms with Crippen LogP contribution in [0.2, 0.25) is 0 Å². The zero-order valence-corrected chi connectivity index (χ0v) is 21.9. The first-order valence-electron chi connectivity index (χ1n) is 11.7. The first kappa shape index (κ1) is 26.2. The summed E-state index contributed by atoms with van der Waals surface area (Å²) in [7, 11) is -0.473. The minimum Gasteiger partial charge on any atom is -0.495 e. The highest BCUT2D eigenvalue weighted by Gasteiger charge is 2.26. The maximum Gasteiger partial charge on any atom is 0.278 e. The van der Waals surface area contributed by atoms with Crippen LogP contribution in [0.1, 0.15) is 41.6 Å². The number of methoxy groups -OCH3 is 1. The average molecular weight is 527 g/mol. The van der Waals surface area contributed by atoms with Crippen molar-refractivity contribution >= 4 is 44.6 Å². The molecule has 0 spiro atoms. The highest BCUT2D eigenvalue weighted by atomic mass is 32.2. The van der Waals surface area contributed by atoms with Crippen molar-refractivity contribution < 1.29 is 22.8 Å². The maximum atomic E-state index is 12.8. The number of nitrogens with zero attached hydrogens (tertiary/aromatic N) is 3. The number of sulfonamides is 1. The molecular weight excluding hydrogens is 496 g/mol. The minimum absolute atomic E-state index is 0.209. The Hall–Kier alpha value is -3.90. The van der Waals surface area contributed by atoms with Crippen LogP contribution >= 0.6 is 0 Å². The van der Waals surface area contributed by atoms with Crippen molar-refractivity contribution in [3.8, 4) is 5.75 Å². The predicted molar refractivity (Wildman–Crippen MR) is 142 cm³/mol. The van der Waals surface area contributed by atoms with Gasteiger partial charge in [-0.15, -0.1) is 0 Å². The molecule has 1 aliphatic rings. The van der Waals surface area contributed by atoms with Crippen molar-refractivity contribution in [1.29, 1.82) is 0 Å². The van der Waals surface area contributed by atoms with Gasteiger partial charge in [0.15, 0.2) is 0 Å². The second-order valence-electron chi connectivity index (χ2n) is 8.59. The largest absolute Gasteiger partial charge is 0.495 e. The van der Waals surface area contributed by atoms with E-state index >= 15 is 0 Å². The fraction of sp³-hybridized carbons (Fsp3) is 0.320. The molecule has 1 saturated carbocycles. The van der Waals surface area contributed by atoms with Gasteiger partial charge in [-0.2, -0.15) is 0 Å². The predicted octanol–water partition coefficient (Wildman–Crippen LogP) is 3.93. The van der Waals surface area contributed by atoms with Crippen LogP contribution in [0.25, 0.3) is 0 Å². The number of rotatable bonds is 11. The summed E-state index contributed by atoms with van der Waals surface area (Å²) in [6, 6.07) is 10.8. The molecule has 0 atom stereocenters. The van der Waals surface area contributed by atoms with E-state index in [9.17, 15) is 13.2 Å². The minimum atomic E-state index is -3.53. The molecular formula is C25H30N6O5S. The molecule has 2 aromatic heterocycles. The van der Waals surface area contributed by atoms with Crippen LogP contribution in [-0.2, 0) is 14.9 Å². The SMILES string of the molecule is CCONC(=O)c1cnc(Nc2ccc(OC)cn2)cc1Nc1ccc(C2CC2)cc1N(C)S(C)(=O)=O. The van der Waals surface area contributed by atoms with Crippen molar-refractivity contribution in [2.24, 2.45) is 0 Å². The normalized spacial score (nSPS) is 13.1. The smallest absolute Gasteiger partial charge is 0.278 e. The molecule has 1 amide bonds. The fourth-order valence-electron chi connectivity index (χ4n) is 3.62. The molecule has 11 nitrogen and oxygen atoms in total. The van der Waals surface area contributed by atoms with Gasteiger partial charge in [0.1, 0.15) is 17.4 Å². The lowest BCUT2D eigenvalue weighted by Gasteiger charge is -2.23. The number of ether oxygens (including phenoxy) is 1. The van der Waals surface area contributed by atoms with Gasteiger partial charge in [-0.05, 0) is 55.5 Å². The van der Waals surface area contributed by atoms with Gasteiger partial charge in [-0.25, -0.2) is 23.9 Å². The van der Waals surface area contributed by atoms with Crippen LogP contribution in [0.5, 0.6) is 5.75 Å². The number of anilines is 5. The number of hydroxylamine groups is 1. The number of benzene rings is 1. The first-order chi connectivity index (χ1) is 17.7. The molecule has 1 aromatic carbocycles. The summed E-state index contributed by atoms with van der Waals surface area (Å²) in [5, 5.41) is 6.34. The Bertz CT molecular complexity index is 1380. The van der Waals surface area contributed by atoms with Gasteiger partial charge in [0.05, 0.1) is 48.8 Å². The van der Waals surface area contributed by atoms with Crippen molar-refractivity contribution in [1.82, 2.24) is 15.4 Å². The number of hydrogen-bond acceptors (Lipinski definition) is 9. The number of carbonyl (C=O) groups is 1. The lowest BCUT2D eigenvalue weighted by molar-refractivity contribution is 0.0365. The summed E-state index contributed by atoms with van der Waals surface area (Å²) in [6.45, 7) is 2.04. The second kappa shape index (κ2) is 11.0. The average Bonchev–Trinajstić information content (AvgIpc) is 3.73. The van der Waals surface area contributed by atoms with Gasteiger partial charge in [0.2, 0.25) is 10.0 Å². The van der Waals surface area contributed by atoms with E-state index in [-0.39, 0.29) is 12.2 Å². The summed E-state index contributed by atoms with van der Waals surface area (Å²) in [6.07, 6.45) is 6.28.